The maximum Gasteiger partial charge on any atom is 0.272 e. The van der Waals surface area contributed by atoms with Crippen LogP contribution in [0.15, 0.2) is 12.3 Å². The molecule has 0 radical (unpaired) electrons. The van der Waals surface area contributed by atoms with Gasteiger partial charge in [0.05, 0.1) is 6.10 Å². The van der Waals surface area contributed by atoms with Crippen molar-refractivity contribution in [2.45, 2.75) is 45.3 Å². The number of nitrogens with zero attached hydrogens (tertiary/aromatic N) is 3. The minimum absolute atomic E-state index is 0.0378. The first-order valence-corrected chi connectivity index (χ1v) is 7.29. The van der Waals surface area contributed by atoms with Crippen LogP contribution in [0, 0.1) is 5.41 Å². The third kappa shape index (κ3) is 2.04. The molecule has 20 heavy (non-hydrogen) atoms. The third-order valence-corrected chi connectivity index (χ3v) is 5.17. The predicted molar refractivity (Wildman–Crippen MR) is 77.5 cm³/mol. The summed E-state index contributed by atoms with van der Waals surface area (Å²) in [5.41, 5.74) is 0.715. The summed E-state index contributed by atoms with van der Waals surface area (Å²) >= 11 is 0. The maximum absolute atomic E-state index is 12.6. The van der Waals surface area contributed by atoms with Gasteiger partial charge in [0, 0.05) is 38.9 Å². The van der Waals surface area contributed by atoms with Crippen LogP contribution < -0.4 is 0 Å². The van der Waals surface area contributed by atoms with E-state index in [1.165, 1.54) is 0 Å². The Morgan fingerprint density at radius 3 is 2.65 bits per heavy atom. The number of hydrogen-bond acceptors (Lipinski definition) is 3. The van der Waals surface area contributed by atoms with E-state index < -0.39 is 0 Å². The molecular weight excluding hydrogens is 254 g/mol. The van der Waals surface area contributed by atoms with E-state index in [0.29, 0.717) is 5.69 Å². The summed E-state index contributed by atoms with van der Waals surface area (Å²) in [6, 6.07) is 2.01. The molecule has 1 aromatic heterocycles. The van der Waals surface area contributed by atoms with Gasteiger partial charge in [0.1, 0.15) is 5.69 Å². The Balaban J connectivity index is 2.20. The van der Waals surface area contributed by atoms with Crippen LogP contribution in [0.1, 0.15) is 43.6 Å². The molecule has 0 bridgehead atoms. The van der Waals surface area contributed by atoms with E-state index in [9.17, 15) is 4.79 Å². The van der Waals surface area contributed by atoms with Crippen LogP contribution in [0.4, 0.5) is 0 Å². The summed E-state index contributed by atoms with van der Waals surface area (Å²) in [6.07, 6.45) is 4.88. The molecule has 1 saturated carbocycles. The number of aryl methyl sites for hydroxylation is 1. The van der Waals surface area contributed by atoms with Crippen LogP contribution in [0.2, 0.25) is 0 Å². The van der Waals surface area contributed by atoms with Gasteiger partial charge in [-0.15, -0.1) is 0 Å². The van der Waals surface area contributed by atoms with Gasteiger partial charge in [0.15, 0.2) is 0 Å². The van der Waals surface area contributed by atoms with Crippen molar-refractivity contribution in [2.24, 2.45) is 12.5 Å². The maximum atomic E-state index is 12.6. The molecule has 0 aromatic carbocycles. The summed E-state index contributed by atoms with van der Waals surface area (Å²) in [5.74, 6) is 0.0378. The highest BCUT2D eigenvalue weighted by Crippen LogP contribution is 2.51. The van der Waals surface area contributed by atoms with E-state index in [4.69, 9.17) is 4.74 Å². The molecule has 1 fully saturated rings. The molecule has 0 unspecified atom stereocenters. The van der Waals surface area contributed by atoms with Gasteiger partial charge in [-0.1, -0.05) is 13.8 Å². The summed E-state index contributed by atoms with van der Waals surface area (Å²) in [4.78, 5) is 14.5. The highest BCUT2D eigenvalue weighted by atomic mass is 16.5. The monoisotopic (exact) mass is 279 g/mol. The molecule has 0 saturated heterocycles. The lowest BCUT2D eigenvalue weighted by Gasteiger charge is -2.57. The van der Waals surface area contributed by atoms with Gasteiger partial charge in [-0.3, -0.25) is 9.48 Å². The smallest absolute Gasteiger partial charge is 0.272 e. The molecule has 1 amide bonds. The van der Waals surface area contributed by atoms with Gasteiger partial charge in [-0.2, -0.15) is 5.10 Å². The zero-order chi connectivity index (χ0) is 14.9. The zero-order valence-electron chi connectivity index (χ0n) is 13.1. The highest BCUT2D eigenvalue weighted by molar-refractivity contribution is 5.92. The minimum Gasteiger partial charge on any atom is -0.381 e. The minimum atomic E-state index is 0.0378. The number of rotatable bonds is 5. The van der Waals surface area contributed by atoms with Crippen LogP contribution in [0.5, 0.6) is 0 Å². The van der Waals surface area contributed by atoms with Crippen molar-refractivity contribution in [3.8, 4) is 0 Å². The van der Waals surface area contributed by atoms with Crippen LogP contribution in [0.25, 0.3) is 0 Å². The van der Waals surface area contributed by atoms with E-state index in [2.05, 4.69) is 18.9 Å². The molecule has 112 valence electrons. The third-order valence-electron chi connectivity index (χ3n) is 5.17. The number of aromatic nitrogens is 2. The first-order valence-electron chi connectivity index (χ1n) is 7.29. The molecule has 1 aliphatic rings. The summed E-state index contributed by atoms with van der Waals surface area (Å²) in [7, 11) is 5.46. The fourth-order valence-corrected chi connectivity index (χ4v) is 3.68. The fraction of sp³-hybridized carbons (Fsp3) is 0.733. The van der Waals surface area contributed by atoms with E-state index >= 15 is 0 Å². The Bertz CT molecular complexity index is 479. The first-order chi connectivity index (χ1) is 9.51. The van der Waals surface area contributed by atoms with Gasteiger partial charge < -0.3 is 9.64 Å². The van der Waals surface area contributed by atoms with E-state index in [0.717, 1.165) is 19.3 Å². The average Bonchev–Trinajstić information content (AvgIpc) is 2.85. The Kier molecular flexibility index (Phi) is 4.18. The average molecular weight is 279 g/mol. The number of amides is 1. The number of hydrogen-bond donors (Lipinski definition) is 0. The largest absolute Gasteiger partial charge is 0.381 e. The van der Waals surface area contributed by atoms with E-state index in [1.807, 2.05) is 11.9 Å². The molecule has 1 aromatic rings. The van der Waals surface area contributed by atoms with Crippen molar-refractivity contribution in [3.05, 3.63) is 18.0 Å². The lowest BCUT2D eigenvalue weighted by atomic mass is 9.58. The molecule has 0 aliphatic heterocycles. The van der Waals surface area contributed by atoms with E-state index in [-0.39, 0.29) is 23.5 Å². The van der Waals surface area contributed by atoms with Crippen LogP contribution >= 0.6 is 0 Å². The second kappa shape index (κ2) is 5.56. The van der Waals surface area contributed by atoms with Crippen molar-refractivity contribution in [1.82, 2.24) is 14.7 Å². The number of carbonyl (C=O) groups excluding carboxylic acids is 1. The van der Waals surface area contributed by atoms with Crippen molar-refractivity contribution >= 4 is 5.91 Å². The Morgan fingerprint density at radius 2 is 2.20 bits per heavy atom. The number of carbonyl (C=O) groups is 1. The predicted octanol–water partition coefficient (Wildman–Crippen LogP) is 2.09. The Labute approximate surface area is 120 Å². The van der Waals surface area contributed by atoms with E-state index in [1.54, 1.807) is 31.1 Å². The number of methoxy groups -OCH3 is 1. The van der Waals surface area contributed by atoms with Gasteiger partial charge in [0.25, 0.3) is 5.91 Å². The Hall–Kier alpha value is -1.36. The normalized spacial score (nSPS) is 24.2. The van der Waals surface area contributed by atoms with Crippen LogP contribution in [-0.2, 0) is 11.8 Å². The van der Waals surface area contributed by atoms with Crippen molar-refractivity contribution in [1.29, 1.82) is 0 Å². The molecule has 5 heteroatoms. The van der Waals surface area contributed by atoms with Crippen molar-refractivity contribution in [2.75, 3.05) is 14.2 Å². The van der Waals surface area contributed by atoms with Gasteiger partial charge in [-0.25, -0.2) is 0 Å². The van der Waals surface area contributed by atoms with Crippen LogP contribution in [-0.4, -0.2) is 46.9 Å². The second-order valence-electron chi connectivity index (χ2n) is 5.67. The molecule has 5 nitrogen and oxygen atoms in total. The molecule has 2 atom stereocenters. The molecule has 0 N–H and O–H groups in total. The molecular formula is C15H25N3O2. The summed E-state index contributed by atoms with van der Waals surface area (Å²) in [6.45, 7) is 4.37. The van der Waals surface area contributed by atoms with Gasteiger partial charge >= 0.3 is 0 Å². The van der Waals surface area contributed by atoms with Gasteiger partial charge in [-0.05, 0) is 25.3 Å². The quantitative estimate of drug-likeness (QED) is 0.829. The highest BCUT2D eigenvalue weighted by Gasteiger charge is 2.55. The lowest BCUT2D eigenvalue weighted by Crippen LogP contribution is -2.64. The zero-order valence-corrected chi connectivity index (χ0v) is 13.1. The molecule has 0 spiro atoms. The number of ether oxygens (including phenoxy) is 1. The Morgan fingerprint density at radius 1 is 1.55 bits per heavy atom. The standard InChI is InChI=1S/C15H25N3O2/c1-6-15(7-2)12(10-13(15)20-5)17(3)14(19)11-8-9-16-18(11)4/h8-9,12-13H,6-7,10H2,1-5H3/t12-,13+/m1/s1. The SMILES string of the molecule is CCC1(CC)[C@@H](OC)C[C@H]1N(C)C(=O)c1ccnn1C. The van der Waals surface area contributed by atoms with Crippen molar-refractivity contribution in [3.63, 3.8) is 0 Å². The summed E-state index contributed by atoms with van der Waals surface area (Å²) < 4.78 is 7.23. The van der Waals surface area contributed by atoms with Crippen LogP contribution in [0.3, 0.4) is 0 Å². The van der Waals surface area contributed by atoms with Crippen molar-refractivity contribution < 1.29 is 9.53 Å². The summed E-state index contributed by atoms with van der Waals surface area (Å²) in [5, 5.41) is 4.08. The topological polar surface area (TPSA) is 47.4 Å². The van der Waals surface area contributed by atoms with Gasteiger partial charge in [0.2, 0.25) is 0 Å². The molecule has 1 heterocycles. The lowest BCUT2D eigenvalue weighted by molar-refractivity contribution is -0.147. The molecule has 1 aliphatic carbocycles. The second-order valence-corrected chi connectivity index (χ2v) is 5.67. The molecule has 2 rings (SSSR count). The fourth-order valence-electron chi connectivity index (χ4n) is 3.68. The first kappa shape index (κ1) is 15.0.